The molecule has 1 amide bonds. The van der Waals surface area contributed by atoms with Gasteiger partial charge in [0.15, 0.2) is 0 Å². The predicted octanol–water partition coefficient (Wildman–Crippen LogP) is 2.48. The van der Waals surface area contributed by atoms with E-state index in [9.17, 15) is 9.59 Å². The van der Waals surface area contributed by atoms with E-state index in [1.165, 1.54) is 0 Å². The molecule has 2 unspecified atom stereocenters. The molecule has 130 valence electrons. The summed E-state index contributed by atoms with van der Waals surface area (Å²) >= 11 is 0. The summed E-state index contributed by atoms with van der Waals surface area (Å²) in [5, 5.41) is 0. The van der Waals surface area contributed by atoms with Crippen LogP contribution in [0.25, 0.3) is 0 Å². The summed E-state index contributed by atoms with van der Waals surface area (Å²) in [6, 6.07) is 9.30. The lowest BCUT2D eigenvalue weighted by Crippen LogP contribution is -2.45. The second kappa shape index (κ2) is 5.85. The molecule has 0 aromatic heterocycles. The Morgan fingerprint density at radius 1 is 1.40 bits per heavy atom. The third-order valence-electron chi connectivity index (χ3n) is 5.40. The molecule has 2 bridgehead atoms. The van der Waals surface area contributed by atoms with Crippen molar-refractivity contribution in [2.24, 2.45) is 11.8 Å². The van der Waals surface area contributed by atoms with E-state index < -0.39 is 23.5 Å². The lowest BCUT2D eigenvalue weighted by atomic mass is 9.74. The SMILES string of the molecule is C=CCC1N(c2ccccc2)C(=O)[C@@H]2C(C(=O)OCC)[C@H]3C=C[C@@]12O3. The van der Waals surface area contributed by atoms with Gasteiger partial charge in [0.2, 0.25) is 5.91 Å². The summed E-state index contributed by atoms with van der Waals surface area (Å²) in [5.74, 6) is -1.57. The first kappa shape index (κ1) is 16.1. The van der Waals surface area contributed by atoms with Gasteiger partial charge in [-0.1, -0.05) is 36.4 Å². The third-order valence-corrected chi connectivity index (χ3v) is 5.40. The second-order valence-electron chi connectivity index (χ2n) is 6.63. The van der Waals surface area contributed by atoms with Crippen molar-refractivity contribution in [3.8, 4) is 0 Å². The summed E-state index contributed by atoms with van der Waals surface area (Å²) in [5.41, 5.74) is 0.0228. The monoisotopic (exact) mass is 339 g/mol. The highest BCUT2D eigenvalue weighted by Gasteiger charge is 2.71. The molecular formula is C20H21NO4. The zero-order chi connectivity index (χ0) is 17.6. The van der Waals surface area contributed by atoms with Crippen molar-refractivity contribution < 1.29 is 19.1 Å². The number of nitrogens with zero attached hydrogens (tertiary/aromatic N) is 1. The number of esters is 1. The summed E-state index contributed by atoms with van der Waals surface area (Å²) in [6.07, 6.45) is 5.86. The van der Waals surface area contributed by atoms with Gasteiger partial charge in [0.25, 0.3) is 0 Å². The zero-order valence-corrected chi connectivity index (χ0v) is 14.1. The fourth-order valence-electron chi connectivity index (χ4n) is 4.50. The number of benzene rings is 1. The van der Waals surface area contributed by atoms with Gasteiger partial charge >= 0.3 is 5.97 Å². The molecule has 4 rings (SSSR count). The summed E-state index contributed by atoms with van der Waals surface area (Å²) < 4.78 is 11.5. The molecule has 5 nitrogen and oxygen atoms in total. The summed E-state index contributed by atoms with van der Waals surface area (Å²) in [6.45, 7) is 5.90. The molecule has 0 aliphatic carbocycles. The molecule has 3 aliphatic rings. The van der Waals surface area contributed by atoms with Crippen LogP contribution < -0.4 is 4.90 Å². The van der Waals surface area contributed by atoms with Gasteiger partial charge in [-0.3, -0.25) is 9.59 Å². The van der Waals surface area contributed by atoms with Gasteiger partial charge < -0.3 is 14.4 Å². The van der Waals surface area contributed by atoms with Gasteiger partial charge in [-0.2, -0.15) is 0 Å². The van der Waals surface area contributed by atoms with Crippen molar-refractivity contribution in [3.05, 3.63) is 55.1 Å². The summed E-state index contributed by atoms with van der Waals surface area (Å²) in [4.78, 5) is 27.6. The van der Waals surface area contributed by atoms with E-state index in [4.69, 9.17) is 9.47 Å². The van der Waals surface area contributed by atoms with E-state index in [-0.39, 0.29) is 24.5 Å². The van der Waals surface area contributed by atoms with Crippen molar-refractivity contribution in [1.29, 1.82) is 0 Å². The number of fused-ring (bicyclic) bond motifs is 1. The molecule has 2 fully saturated rings. The van der Waals surface area contributed by atoms with Crippen LogP contribution in [0.1, 0.15) is 13.3 Å². The van der Waals surface area contributed by atoms with Crippen LogP contribution in [0.2, 0.25) is 0 Å². The second-order valence-corrected chi connectivity index (χ2v) is 6.63. The molecule has 0 saturated carbocycles. The quantitative estimate of drug-likeness (QED) is 0.611. The van der Waals surface area contributed by atoms with Crippen LogP contribution in [0, 0.1) is 11.8 Å². The first-order valence-electron chi connectivity index (χ1n) is 8.67. The highest BCUT2D eigenvalue weighted by Crippen LogP contribution is 2.56. The highest BCUT2D eigenvalue weighted by atomic mass is 16.6. The lowest BCUT2D eigenvalue weighted by Gasteiger charge is -2.32. The Morgan fingerprint density at radius 3 is 2.84 bits per heavy atom. The number of anilines is 1. The van der Waals surface area contributed by atoms with Crippen LogP contribution in [0.15, 0.2) is 55.1 Å². The van der Waals surface area contributed by atoms with Crippen molar-refractivity contribution in [2.75, 3.05) is 11.5 Å². The van der Waals surface area contributed by atoms with Gasteiger partial charge in [-0.25, -0.2) is 0 Å². The van der Waals surface area contributed by atoms with Gasteiger partial charge in [-0.15, -0.1) is 6.58 Å². The van der Waals surface area contributed by atoms with Gasteiger partial charge in [0.1, 0.15) is 11.5 Å². The number of hydrogen-bond acceptors (Lipinski definition) is 4. The third kappa shape index (κ3) is 2.12. The number of hydrogen-bond donors (Lipinski definition) is 0. The number of para-hydroxylation sites is 1. The maximum Gasteiger partial charge on any atom is 0.312 e. The van der Waals surface area contributed by atoms with E-state index in [0.29, 0.717) is 6.42 Å². The van der Waals surface area contributed by atoms with Gasteiger partial charge in [0, 0.05) is 5.69 Å². The minimum atomic E-state index is -0.788. The van der Waals surface area contributed by atoms with Crippen LogP contribution in [-0.4, -0.2) is 36.2 Å². The Balaban J connectivity index is 1.79. The van der Waals surface area contributed by atoms with Crippen LogP contribution in [-0.2, 0) is 19.1 Å². The largest absolute Gasteiger partial charge is 0.466 e. The Kier molecular flexibility index (Phi) is 3.76. The highest BCUT2D eigenvalue weighted by molar-refractivity contribution is 6.03. The molecule has 1 aromatic carbocycles. The molecule has 1 aromatic rings. The smallest absolute Gasteiger partial charge is 0.312 e. The van der Waals surface area contributed by atoms with E-state index in [2.05, 4.69) is 6.58 Å². The number of amides is 1. The number of ether oxygens (including phenoxy) is 2. The first-order valence-corrected chi connectivity index (χ1v) is 8.67. The van der Waals surface area contributed by atoms with Crippen molar-refractivity contribution in [1.82, 2.24) is 0 Å². The number of rotatable bonds is 5. The van der Waals surface area contributed by atoms with E-state index in [1.807, 2.05) is 42.5 Å². The maximum atomic E-state index is 13.3. The first-order chi connectivity index (χ1) is 12.1. The minimum Gasteiger partial charge on any atom is -0.466 e. The van der Waals surface area contributed by atoms with E-state index in [0.717, 1.165) is 5.69 Å². The fraction of sp³-hybridized carbons (Fsp3) is 0.400. The average Bonchev–Trinajstić information content (AvgIpc) is 3.25. The summed E-state index contributed by atoms with van der Waals surface area (Å²) in [7, 11) is 0. The number of carbonyl (C=O) groups excluding carboxylic acids is 2. The van der Waals surface area contributed by atoms with Crippen molar-refractivity contribution in [2.45, 2.75) is 31.1 Å². The van der Waals surface area contributed by atoms with Crippen LogP contribution in [0.5, 0.6) is 0 Å². The molecular weight excluding hydrogens is 318 g/mol. The van der Waals surface area contributed by atoms with E-state index in [1.54, 1.807) is 17.9 Å². The maximum absolute atomic E-state index is 13.3. The Hall–Kier alpha value is -2.40. The normalized spacial score (nSPS) is 35.1. The predicted molar refractivity (Wildman–Crippen MR) is 92.9 cm³/mol. The molecule has 0 N–H and O–H groups in total. The fourth-order valence-corrected chi connectivity index (χ4v) is 4.50. The molecule has 1 spiro atoms. The zero-order valence-electron chi connectivity index (χ0n) is 14.1. The van der Waals surface area contributed by atoms with Crippen molar-refractivity contribution in [3.63, 3.8) is 0 Å². The molecule has 5 heteroatoms. The number of carbonyl (C=O) groups is 2. The molecule has 3 aliphatic heterocycles. The molecule has 25 heavy (non-hydrogen) atoms. The lowest BCUT2D eigenvalue weighted by molar-refractivity contribution is -0.151. The Labute approximate surface area is 146 Å². The topological polar surface area (TPSA) is 55.8 Å². The molecule has 2 saturated heterocycles. The van der Waals surface area contributed by atoms with Crippen LogP contribution in [0.3, 0.4) is 0 Å². The van der Waals surface area contributed by atoms with Crippen LogP contribution in [0.4, 0.5) is 5.69 Å². The molecule has 5 atom stereocenters. The van der Waals surface area contributed by atoms with E-state index >= 15 is 0 Å². The van der Waals surface area contributed by atoms with Crippen molar-refractivity contribution >= 4 is 17.6 Å². The Morgan fingerprint density at radius 2 is 2.16 bits per heavy atom. The van der Waals surface area contributed by atoms with Crippen LogP contribution >= 0.6 is 0 Å². The average molecular weight is 339 g/mol. The Bertz CT molecular complexity index is 743. The van der Waals surface area contributed by atoms with Gasteiger partial charge in [0.05, 0.1) is 24.7 Å². The minimum absolute atomic E-state index is 0.0806. The standard InChI is InChI=1S/C20H21NO4/c1-3-8-15-20-12-11-14(25-20)16(19(23)24-4-2)17(20)18(22)21(15)13-9-6-5-7-10-13/h3,5-7,9-12,14-17H,1,4,8H2,2H3/t14-,15?,16?,17+,20-/m1/s1. The molecule has 0 radical (unpaired) electrons. The molecule has 3 heterocycles. The van der Waals surface area contributed by atoms with Gasteiger partial charge in [-0.05, 0) is 25.5 Å².